The van der Waals surface area contributed by atoms with Crippen LogP contribution >= 0.6 is 0 Å². The molecule has 2 aliphatic rings. The number of piperazine rings is 1. The largest absolute Gasteiger partial charge is 0.369 e. The molecule has 0 unspecified atom stereocenters. The number of rotatable bonds is 5. The molecule has 3 heterocycles. The van der Waals surface area contributed by atoms with E-state index in [2.05, 4.69) is 59.3 Å². The molecule has 1 aliphatic carbocycles. The number of hydrogen-bond acceptors (Lipinski definition) is 8. The molecule has 2 aromatic heterocycles. The molecular formula is C25H29N9O. The van der Waals surface area contributed by atoms with Gasteiger partial charge in [-0.15, -0.1) is 0 Å². The number of hydrogen-bond donors (Lipinski definition) is 4. The molecule has 1 aromatic carbocycles. The van der Waals surface area contributed by atoms with E-state index in [-0.39, 0.29) is 23.5 Å². The third kappa shape index (κ3) is 5.58. The highest BCUT2D eigenvalue weighted by atomic mass is 16.2. The minimum Gasteiger partial charge on any atom is -0.369 e. The normalized spacial score (nSPS) is 16.5. The van der Waals surface area contributed by atoms with Crippen molar-refractivity contribution in [1.29, 1.82) is 5.26 Å². The molecule has 0 spiro atoms. The van der Waals surface area contributed by atoms with E-state index in [1.807, 2.05) is 12.1 Å². The van der Waals surface area contributed by atoms with Gasteiger partial charge in [0.15, 0.2) is 11.5 Å². The Morgan fingerprint density at radius 2 is 1.86 bits per heavy atom. The van der Waals surface area contributed by atoms with Crippen LogP contribution in [0.25, 0.3) is 11.0 Å². The standard InChI is InChI=1S/C25H29N9O/c26-15-17-14-18-16-28-24(29-20-6-8-21(9-7-20)34-12-10-27-11-13-34)32-23(18)31-22(17)33-25(35)30-19-4-2-1-3-5-19/h6-9,14,16,19,27H,1-5,10-13H2,(H3,28,29,30,31,32,33,35). The topological polar surface area (TPSA) is 131 Å². The lowest BCUT2D eigenvalue weighted by Gasteiger charge is -2.29. The number of carbonyl (C=O) groups excluding carboxylic acids is 1. The molecule has 2 amide bonds. The van der Waals surface area contributed by atoms with Crippen molar-refractivity contribution in [3.63, 3.8) is 0 Å². The number of aromatic nitrogens is 3. The van der Waals surface area contributed by atoms with Crippen molar-refractivity contribution >= 4 is 40.2 Å². The molecule has 5 rings (SSSR count). The lowest BCUT2D eigenvalue weighted by atomic mass is 9.96. The summed E-state index contributed by atoms with van der Waals surface area (Å²) in [7, 11) is 0. The predicted molar refractivity (Wildman–Crippen MR) is 136 cm³/mol. The SMILES string of the molecule is N#Cc1cc2cnc(Nc3ccc(N4CCNCC4)cc3)nc2nc1NC(=O)NC1CCCCC1. The predicted octanol–water partition coefficient (Wildman–Crippen LogP) is 3.50. The fraction of sp³-hybridized carbons (Fsp3) is 0.400. The summed E-state index contributed by atoms with van der Waals surface area (Å²) in [5, 5.41) is 22.5. The van der Waals surface area contributed by atoms with Gasteiger partial charge in [-0.05, 0) is 43.2 Å². The molecule has 10 nitrogen and oxygen atoms in total. The van der Waals surface area contributed by atoms with Crippen LogP contribution in [0.5, 0.6) is 0 Å². The summed E-state index contributed by atoms with van der Waals surface area (Å²) in [6.45, 7) is 3.97. The maximum Gasteiger partial charge on any atom is 0.320 e. The first-order valence-corrected chi connectivity index (χ1v) is 12.2. The van der Waals surface area contributed by atoms with Crippen LogP contribution in [0.3, 0.4) is 0 Å². The van der Waals surface area contributed by atoms with Crippen LogP contribution < -0.4 is 26.2 Å². The van der Waals surface area contributed by atoms with Gasteiger partial charge in [0.25, 0.3) is 0 Å². The van der Waals surface area contributed by atoms with Crippen molar-refractivity contribution < 1.29 is 4.79 Å². The number of nitrogens with zero attached hydrogens (tertiary/aromatic N) is 5. The van der Waals surface area contributed by atoms with Crippen LogP contribution in [-0.4, -0.2) is 53.2 Å². The van der Waals surface area contributed by atoms with E-state index in [0.717, 1.165) is 57.5 Å². The Bertz CT molecular complexity index is 1230. The number of benzene rings is 1. The van der Waals surface area contributed by atoms with Crippen molar-refractivity contribution in [2.24, 2.45) is 0 Å². The molecule has 2 fully saturated rings. The molecular weight excluding hydrogens is 442 g/mol. The van der Waals surface area contributed by atoms with Crippen molar-refractivity contribution in [3.05, 3.63) is 42.1 Å². The molecule has 0 bridgehead atoms. The van der Waals surface area contributed by atoms with Gasteiger partial charge in [0, 0.05) is 55.2 Å². The maximum absolute atomic E-state index is 12.5. The monoisotopic (exact) mass is 471 g/mol. The summed E-state index contributed by atoms with van der Waals surface area (Å²) in [5.41, 5.74) is 2.71. The van der Waals surface area contributed by atoms with Gasteiger partial charge < -0.3 is 20.9 Å². The second kappa shape index (κ2) is 10.5. The number of pyridine rings is 1. The fourth-order valence-electron chi connectivity index (χ4n) is 4.59. The first-order valence-electron chi connectivity index (χ1n) is 12.2. The highest BCUT2D eigenvalue weighted by Gasteiger charge is 2.18. The zero-order valence-electron chi connectivity index (χ0n) is 19.5. The Kier molecular flexibility index (Phi) is 6.86. The zero-order valence-corrected chi connectivity index (χ0v) is 19.5. The summed E-state index contributed by atoms with van der Waals surface area (Å²) in [5.74, 6) is 0.584. The smallest absolute Gasteiger partial charge is 0.320 e. The van der Waals surface area contributed by atoms with Gasteiger partial charge in [-0.1, -0.05) is 19.3 Å². The van der Waals surface area contributed by atoms with E-state index in [9.17, 15) is 10.1 Å². The average molecular weight is 472 g/mol. The molecule has 0 radical (unpaired) electrons. The number of anilines is 4. The van der Waals surface area contributed by atoms with Gasteiger partial charge in [0.2, 0.25) is 5.95 Å². The Labute approximate surface area is 204 Å². The highest BCUT2D eigenvalue weighted by molar-refractivity contribution is 5.92. The van der Waals surface area contributed by atoms with E-state index in [0.29, 0.717) is 17.0 Å². The van der Waals surface area contributed by atoms with Crippen LogP contribution in [0, 0.1) is 11.3 Å². The Hall–Kier alpha value is -3.97. The lowest BCUT2D eigenvalue weighted by Crippen LogP contribution is -2.43. The summed E-state index contributed by atoms with van der Waals surface area (Å²) >= 11 is 0. The van der Waals surface area contributed by atoms with Crippen LogP contribution in [0.15, 0.2) is 36.5 Å². The third-order valence-electron chi connectivity index (χ3n) is 6.47. The molecule has 1 saturated heterocycles. The minimum atomic E-state index is -0.350. The fourth-order valence-corrected chi connectivity index (χ4v) is 4.59. The van der Waals surface area contributed by atoms with Gasteiger partial charge in [0.05, 0.1) is 5.56 Å². The second-order valence-electron chi connectivity index (χ2n) is 8.95. The van der Waals surface area contributed by atoms with Crippen molar-refractivity contribution in [2.75, 3.05) is 41.7 Å². The summed E-state index contributed by atoms with van der Waals surface area (Å²) in [6.07, 6.45) is 7.02. The van der Waals surface area contributed by atoms with Crippen molar-refractivity contribution in [3.8, 4) is 6.07 Å². The Morgan fingerprint density at radius 3 is 2.60 bits per heavy atom. The molecule has 0 atom stereocenters. The van der Waals surface area contributed by atoms with Crippen molar-refractivity contribution in [1.82, 2.24) is 25.6 Å². The first kappa shape index (κ1) is 22.8. The number of fused-ring (bicyclic) bond motifs is 1. The minimum absolute atomic E-state index is 0.158. The van der Waals surface area contributed by atoms with Gasteiger partial charge in [-0.25, -0.2) is 14.8 Å². The van der Waals surface area contributed by atoms with E-state index in [1.54, 1.807) is 12.3 Å². The number of nitriles is 1. The van der Waals surface area contributed by atoms with Gasteiger partial charge in [-0.2, -0.15) is 10.2 Å². The molecule has 1 saturated carbocycles. The first-order chi connectivity index (χ1) is 17.2. The van der Waals surface area contributed by atoms with Crippen LogP contribution in [0.1, 0.15) is 37.7 Å². The molecule has 3 aromatic rings. The van der Waals surface area contributed by atoms with E-state index in [1.165, 1.54) is 12.1 Å². The average Bonchev–Trinajstić information content (AvgIpc) is 2.90. The number of carbonyl (C=O) groups is 1. The third-order valence-corrected chi connectivity index (χ3v) is 6.47. The Balaban J connectivity index is 1.30. The van der Waals surface area contributed by atoms with Crippen LogP contribution in [-0.2, 0) is 0 Å². The lowest BCUT2D eigenvalue weighted by molar-refractivity contribution is 0.244. The zero-order chi connectivity index (χ0) is 24.0. The molecule has 180 valence electrons. The van der Waals surface area contributed by atoms with Crippen LogP contribution in [0.4, 0.5) is 27.9 Å². The van der Waals surface area contributed by atoms with Gasteiger partial charge in [0.1, 0.15) is 6.07 Å². The van der Waals surface area contributed by atoms with E-state index < -0.39 is 0 Å². The molecule has 10 heteroatoms. The molecule has 4 N–H and O–H groups in total. The summed E-state index contributed by atoms with van der Waals surface area (Å²) in [4.78, 5) is 28.2. The highest BCUT2D eigenvalue weighted by Crippen LogP contribution is 2.23. The van der Waals surface area contributed by atoms with Gasteiger partial charge >= 0.3 is 6.03 Å². The van der Waals surface area contributed by atoms with Crippen LogP contribution in [0.2, 0.25) is 0 Å². The number of urea groups is 1. The van der Waals surface area contributed by atoms with E-state index >= 15 is 0 Å². The quantitative estimate of drug-likeness (QED) is 0.445. The number of nitrogens with one attached hydrogen (secondary N) is 4. The number of amides is 2. The summed E-state index contributed by atoms with van der Waals surface area (Å²) < 4.78 is 0. The maximum atomic E-state index is 12.5. The van der Waals surface area contributed by atoms with E-state index in [4.69, 9.17) is 0 Å². The Morgan fingerprint density at radius 1 is 1.09 bits per heavy atom. The van der Waals surface area contributed by atoms with Gasteiger partial charge in [-0.3, -0.25) is 5.32 Å². The second-order valence-corrected chi connectivity index (χ2v) is 8.95. The molecule has 35 heavy (non-hydrogen) atoms. The van der Waals surface area contributed by atoms with Crippen molar-refractivity contribution in [2.45, 2.75) is 38.1 Å². The molecule has 1 aliphatic heterocycles. The summed E-state index contributed by atoms with van der Waals surface area (Å²) in [6, 6.07) is 11.7.